The number of anilines is 1. The number of halogens is 2. The van der Waals surface area contributed by atoms with Gasteiger partial charge in [-0.05, 0) is 30.9 Å². The molecule has 3 N–H and O–H groups in total. The molecule has 1 aromatic rings. The number of carboxylic acids is 1. The molecule has 0 spiro atoms. The van der Waals surface area contributed by atoms with Gasteiger partial charge in [0.2, 0.25) is 0 Å². The Balaban J connectivity index is 2.15. The van der Waals surface area contributed by atoms with Gasteiger partial charge in [-0.3, -0.25) is 0 Å². The van der Waals surface area contributed by atoms with Crippen LogP contribution in [0.4, 0.5) is 10.5 Å². The second kappa shape index (κ2) is 6.54. The number of carbonyl (C=O) groups is 2. The standard InChI is InChI=1S/C14H16Cl2N2O3/c1-7-3-2-4-11(7)17-14(21)18-12-9(13(19)20)5-8(15)6-10(12)16/h5-7,11H,2-4H2,1H3,(H,19,20)(H2,17,18,21). The first kappa shape index (κ1) is 15.9. The van der Waals surface area contributed by atoms with Crippen LogP contribution in [0.3, 0.4) is 0 Å². The SMILES string of the molecule is CC1CCCC1NC(=O)Nc1c(Cl)cc(Cl)cc1C(=O)O. The summed E-state index contributed by atoms with van der Waals surface area (Å²) in [4.78, 5) is 23.2. The van der Waals surface area contributed by atoms with E-state index in [1.54, 1.807) is 0 Å². The molecule has 2 rings (SSSR count). The Morgan fingerprint density at radius 1 is 1.29 bits per heavy atom. The van der Waals surface area contributed by atoms with E-state index in [0.29, 0.717) is 5.92 Å². The van der Waals surface area contributed by atoms with Crippen LogP contribution in [0.2, 0.25) is 10.0 Å². The molecule has 0 aromatic heterocycles. The molecule has 114 valence electrons. The summed E-state index contributed by atoms with van der Waals surface area (Å²) in [6, 6.07) is 2.29. The Morgan fingerprint density at radius 3 is 2.57 bits per heavy atom. The number of rotatable bonds is 3. The fourth-order valence-corrected chi connectivity index (χ4v) is 3.09. The largest absolute Gasteiger partial charge is 0.478 e. The number of benzene rings is 1. The van der Waals surface area contributed by atoms with Crippen molar-refractivity contribution in [3.63, 3.8) is 0 Å². The molecule has 2 amide bonds. The zero-order valence-electron chi connectivity index (χ0n) is 11.5. The van der Waals surface area contributed by atoms with Crippen LogP contribution in [-0.2, 0) is 0 Å². The summed E-state index contributed by atoms with van der Waals surface area (Å²) >= 11 is 11.8. The molecular weight excluding hydrogens is 315 g/mol. The Hall–Kier alpha value is -1.46. The van der Waals surface area contributed by atoms with E-state index in [9.17, 15) is 9.59 Å². The summed E-state index contributed by atoms with van der Waals surface area (Å²) in [6.45, 7) is 2.08. The van der Waals surface area contributed by atoms with E-state index in [1.165, 1.54) is 12.1 Å². The predicted octanol–water partition coefficient (Wildman–Crippen LogP) is 4.00. The molecule has 5 nitrogen and oxygen atoms in total. The first-order valence-corrected chi connectivity index (χ1v) is 7.44. The Morgan fingerprint density at radius 2 is 2.00 bits per heavy atom. The highest BCUT2D eigenvalue weighted by molar-refractivity contribution is 6.37. The van der Waals surface area contributed by atoms with E-state index in [4.69, 9.17) is 28.3 Å². The molecule has 2 atom stereocenters. The third kappa shape index (κ3) is 3.80. The average molecular weight is 331 g/mol. The van der Waals surface area contributed by atoms with Gasteiger partial charge < -0.3 is 15.7 Å². The molecule has 0 radical (unpaired) electrons. The van der Waals surface area contributed by atoms with Gasteiger partial charge in [-0.15, -0.1) is 0 Å². The molecule has 1 saturated carbocycles. The minimum absolute atomic E-state index is 0.0525. The van der Waals surface area contributed by atoms with Gasteiger partial charge >= 0.3 is 12.0 Å². The van der Waals surface area contributed by atoms with Gasteiger partial charge in [0.05, 0.1) is 16.3 Å². The molecule has 2 unspecified atom stereocenters. The molecule has 1 aromatic carbocycles. The van der Waals surface area contributed by atoms with Crippen molar-refractivity contribution in [1.29, 1.82) is 0 Å². The number of aromatic carboxylic acids is 1. The molecule has 0 aliphatic heterocycles. The first-order chi connectivity index (χ1) is 9.88. The lowest BCUT2D eigenvalue weighted by Crippen LogP contribution is -2.39. The molecule has 0 saturated heterocycles. The fourth-order valence-electron chi connectivity index (χ4n) is 2.55. The van der Waals surface area contributed by atoms with Gasteiger partial charge in [-0.25, -0.2) is 9.59 Å². The third-order valence-corrected chi connectivity index (χ3v) is 4.22. The van der Waals surface area contributed by atoms with Crippen molar-refractivity contribution in [3.05, 3.63) is 27.7 Å². The predicted molar refractivity (Wildman–Crippen MR) is 82.4 cm³/mol. The molecule has 0 heterocycles. The number of hydrogen-bond acceptors (Lipinski definition) is 2. The highest BCUT2D eigenvalue weighted by atomic mass is 35.5. The van der Waals surface area contributed by atoms with Crippen LogP contribution in [0.25, 0.3) is 0 Å². The summed E-state index contributed by atoms with van der Waals surface area (Å²) < 4.78 is 0. The third-order valence-electron chi connectivity index (χ3n) is 3.70. The van der Waals surface area contributed by atoms with Gasteiger partial charge in [-0.1, -0.05) is 36.5 Å². The maximum Gasteiger partial charge on any atom is 0.337 e. The quantitative estimate of drug-likeness (QED) is 0.783. The lowest BCUT2D eigenvalue weighted by molar-refractivity contribution is 0.0698. The second-order valence-electron chi connectivity index (χ2n) is 5.23. The number of amides is 2. The van der Waals surface area contributed by atoms with Crippen molar-refractivity contribution in [2.24, 2.45) is 5.92 Å². The maximum atomic E-state index is 12.0. The van der Waals surface area contributed by atoms with Gasteiger partial charge in [0.15, 0.2) is 0 Å². The molecule has 1 aliphatic rings. The van der Waals surface area contributed by atoms with Crippen molar-refractivity contribution in [1.82, 2.24) is 5.32 Å². The van der Waals surface area contributed by atoms with Crippen molar-refractivity contribution in [2.75, 3.05) is 5.32 Å². The summed E-state index contributed by atoms with van der Waals surface area (Å²) in [6.07, 6.45) is 3.08. The lowest BCUT2D eigenvalue weighted by atomic mass is 10.1. The van der Waals surface area contributed by atoms with Gasteiger partial charge in [0.1, 0.15) is 0 Å². The lowest BCUT2D eigenvalue weighted by Gasteiger charge is -2.18. The number of nitrogens with one attached hydrogen (secondary N) is 2. The molecule has 1 fully saturated rings. The highest BCUT2D eigenvalue weighted by Gasteiger charge is 2.25. The van der Waals surface area contributed by atoms with E-state index in [2.05, 4.69) is 17.6 Å². The Bertz CT molecular complexity index is 578. The van der Waals surface area contributed by atoms with Crippen LogP contribution >= 0.6 is 23.2 Å². The zero-order chi connectivity index (χ0) is 15.6. The molecule has 21 heavy (non-hydrogen) atoms. The van der Waals surface area contributed by atoms with E-state index in [1.807, 2.05) is 0 Å². The average Bonchev–Trinajstić information content (AvgIpc) is 2.77. The molecule has 7 heteroatoms. The second-order valence-corrected chi connectivity index (χ2v) is 6.07. The zero-order valence-corrected chi connectivity index (χ0v) is 13.0. The molecular formula is C14H16Cl2N2O3. The smallest absolute Gasteiger partial charge is 0.337 e. The van der Waals surface area contributed by atoms with Crippen LogP contribution in [-0.4, -0.2) is 23.1 Å². The van der Waals surface area contributed by atoms with Gasteiger partial charge in [-0.2, -0.15) is 0 Å². The van der Waals surface area contributed by atoms with Crippen LogP contribution in [0.5, 0.6) is 0 Å². The van der Waals surface area contributed by atoms with Gasteiger partial charge in [0.25, 0.3) is 0 Å². The van der Waals surface area contributed by atoms with Crippen molar-refractivity contribution >= 4 is 40.9 Å². The van der Waals surface area contributed by atoms with Gasteiger partial charge in [0, 0.05) is 11.1 Å². The van der Waals surface area contributed by atoms with Crippen LogP contribution in [0.15, 0.2) is 12.1 Å². The highest BCUT2D eigenvalue weighted by Crippen LogP contribution is 2.30. The van der Waals surface area contributed by atoms with E-state index in [-0.39, 0.29) is 27.3 Å². The first-order valence-electron chi connectivity index (χ1n) is 6.68. The minimum Gasteiger partial charge on any atom is -0.478 e. The van der Waals surface area contributed by atoms with Crippen molar-refractivity contribution in [3.8, 4) is 0 Å². The van der Waals surface area contributed by atoms with Crippen LogP contribution < -0.4 is 10.6 Å². The minimum atomic E-state index is -1.20. The molecule has 1 aliphatic carbocycles. The summed E-state index contributed by atoms with van der Waals surface area (Å²) in [5, 5.41) is 14.8. The maximum absolute atomic E-state index is 12.0. The van der Waals surface area contributed by atoms with Crippen molar-refractivity contribution in [2.45, 2.75) is 32.2 Å². The van der Waals surface area contributed by atoms with Crippen LogP contribution in [0.1, 0.15) is 36.5 Å². The number of urea groups is 1. The van der Waals surface area contributed by atoms with E-state index >= 15 is 0 Å². The summed E-state index contributed by atoms with van der Waals surface area (Å²) in [7, 11) is 0. The van der Waals surface area contributed by atoms with Crippen molar-refractivity contribution < 1.29 is 14.7 Å². The van der Waals surface area contributed by atoms with Crippen LogP contribution in [0, 0.1) is 5.92 Å². The topological polar surface area (TPSA) is 78.4 Å². The summed E-state index contributed by atoms with van der Waals surface area (Å²) in [5.74, 6) is -0.792. The number of carboxylic acid groups (broad SMARTS) is 1. The fraction of sp³-hybridized carbons (Fsp3) is 0.429. The van der Waals surface area contributed by atoms with E-state index < -0.39 is 12.0 Å². The number of carbonyl (C=O) groups excluding carboxylic acids is 1. The van der Waals surface area contributed by atoms with E-state index in [0.717, 1.165) is 19.3 Å². The molecule has 0 bridgehead atoms. The Labute approximate surface area is 132 Å². The Kier molecular flexibility index (Phi) is 4.96. The number of hydrogen-bond donors (Lipinski definition) is 3. The summed E-state index contributed by atoms with van der Waals surface area (Å²) in [5.41, 5.74) is -0.0844. The monoisotopic (exact) mass is 330 g/mol. The normalized spacial score (nSPS) is 21.1.